The van der Waals surface area contributed by atoms with Crippen molar-refractivity contribution in [1.82, 2.24) is 0 Å². The van der Waals surface area contributed by atoms with E-state index in [1.165, 1.54) is 0 Å². The lowest BCUT2D eigenvalue weighted by Gasteiger charge is -2.02. The number of ether oxygens (including phenoxy) is 1. The normalized spacial score (nSPS) is 9.85. The van der Waals surface area contributed by atoms with Gasteiger partial charge in [-0.1, -0.05) is 6.07 Å². The Hall–Kier alpha value is -1.48. The molecule has 0 bridgehead atoms. The third-order valence-corrected chi connectivity index (χ3v) is 2.32. The first-order valence-corrected chi connectivity index (χ1v) is 4.79. The Morgan fingerprint density at radius 1 is 1.15 bits per heavy atom. The summed E-state index contributed by atoms with van der Waals surface area (Å²) in [6, 6.07) is 11.3. The lowest BCUT2D eigenvalue weighted by Crippen LogP contribution is -1.85. The largest absolute Gasteiger partial charge is 0.447 e. The van der Waals surface area contributed by atoms with Crippen LogP contribution in [0.2, 0.25) is 0 Å². The van der Waals surface area contributed by atoms with Gasteiger partial charge in [0.25, 0.3) is 0 Å². The fourth-order valence-corrected chi connectivity index (χ4v) is 1.61. The van der Waals surface area contributed by atoms with Crippen LogP contribution in [0.3, 0.4) is 0 Å². The highest BCUT2D eigenvalue weighted by atomic mass is 32.1. The van der Waals surface area contributed by atoms with Crippen LogP contribution in [0.15, 0.2) is 41.8 Å². The minimum atomic E-state index is 0.717. The van der Waals surface area contributed by atoms with Crippen molar-refractivity contribution in [3.8, 4) is 10.8 Å². The first-order valence-electron chi connectivity index (χ1n) is 3.91. The molecule has 13 heavy (non-hydrogen) atoms. The summed E-state index contributed by atoms with van der Waals surface area (Å²) in [6.45, 7) is 0. The van der Waals surface area contributed by atoms with E-state index in [0.717, 1.165) is 10.8 Å². The molecule has 1 heterocycles. The molecule has 0 amide bonds. The van der Waals surface area contributed by atoms with Crippen molar-refractivity contribution in [2.24, 2.45) is 0 Å². The van der Waals surface area contributed by atoms with E-state index in [1.54, 1.807) is 17.4 Å². The molecule has 2 rings (SSSR count). The van der Waals surface area contributed by atoms with Gasteiger partial charge in [0.1, 0.15) is 5.75 Å². The van der Waals surface area contributed by atoms with Crippen molar-refractivity contribution in [2.45, 2.75) is 0 Å². The van der Waals surface area contributed by atoms with Gasteiger partial charge in [-0.05, 0) is 29.6 Å². The van der Waals surface area contributed by atoms with Gasteiger partial charge in [0.15, 0.2) is 5.06 Å². The van der Waals surface area contributed by atoms with Gasteiger partial charge in [-0.2, -0.15) is 0 Å². The van der Waals surface area contributed by atoms with Gasteiger partial charge in [0.2, 0.25) is 0 Å². The number of hydrogen-bond acceptors (Lipinski definition) is 3. The van der Waals surface area contributed by atoms with Crippen LogP contribution in [-0.2, 0) is 0 Å². The van der Waals surface area contributed by atoms with E-state index < -0.39 is 0 Å². The summed E-state index contributed by atoms with van der Waals surface area (Å²) in [5.41, 5.74) is 6.33. The maximum atomic E-state index is 5.61. The highest BCUT2D eigenvalue weighted by molar-refractivity contribution is 7.11. The summed E-state index contributed by atoms with van der Waals surface area (Å²) >= 11 is 1.56. The molecule has 0 aliphatic rings. The van der Waals surface area contributed by atoms with Crippen molar-refractivity contribution >= 4 is 17.0 Å². The zero-order chi connectivity index (χ0) is 9.10. The summed E-state index contributed by atoms with van der Waals surface area (Å²) in [7, 11) is 0. The predicted molar refractivity (Wildman–Crippen MR) is 55.2 cm³/mol. The summed E-state index contributed by atoms with van der Waals surface area (Å²) in [4.78, 5) is 0. The molecule has 1 aromatic carbocycles. The van der Waals surface area contributed by atoms with Crippen LogP contribution in [0.25, 0.3) is 0 Å². The molecule has 0 aliphatic carbocycles. The van der Waals surface area contributed by atoms with Gasteiger partial charge in [-0.3, -0.25) is 0 Å². The molecule has 1 aromatic heterocycles. The molecule has 2 nitrogen and oxygen atoms in total. The monoisotopic (exact) mass is 191 g/mol. The lowest BCUT2D eigenvalue weighted by molar-refractivity contribution is 0.497. The van der Waals surface area contributed by atoms with Gasteiger partial charge >= 0.3 is 0 Å². The van der Waals surface area contributed by atoms with Crippen molar-refractivity contribution in [3.63, 3.8) is 0 Å². The minimum Gasteiger partial charge on any atom is -0.447 e. The third kappa shape index (κ3) is 2.00. The molecule has 0 fully saturated rings. The van der Waals surface area contributed by atoms with Crippen molar-refractivity contribution in [3.05, 3.63) is 41.8 Å². The number of hydrogen-bond donors (Lipinski definition) is 1. The Bertz CT molecular complexity index is 384. The minimum absolute atomic E-state index is 0.717. The Balaban J connectivity index is 2.19. The predicted octanol–water partition coefficient (Wildman–Crippen LogP) is 3.12. The Labute approximate surface area is 80.6 Å². The second-order valence-electron chi connectivity index (χ2n) is 2.61. The van der Waals surface area contributed by atoms with E-state index in [0.29, 0.717) is 5.69 Å². The molecule has 0 saturated carbocycles. The number of thiophene rings is 1. The Morgan fingerprint density at radius 3 is 2.77 bits per heavy atom. The van der Waals surface area contributed by atoms with Crippen LogP contribution in [0.4, 0.5) is 5.69 Å². The second-order valence-corrected chi connectivity index (χ2v) is 3.52. The number of nitrogen functional groups attached to an aromatic ring is 1. The molecule has 3 heteroatoms. The zero-order valence-corrected chi connectivity index (χ0v) is 7.75. The van der Waals surface area contributed by atoms with E-state index in [4.69, 9.17) is 10.5 Å². The van der Waals surface area contributed by atoms with Crippen LogP contribution >= 0.6 is 11.3 Å². The van der Waals surface area contributed by atoms with Gasteiger partial charge in [0, 0.05) is 11.8 Å². The zero-order valence-electron chi connectivity index (χ0n) is 6.94. The van der Waals surface area contributed by atoms with Gasteiger partial charge in [-0.25, -0.2) is 0 Å². The highest BCUT2D eigenvalue weighted by Crippen LogP contribution is 2.26. The van der Waals surface area contributed by atoms with Crippen molar-refractivity contribution < 1.29 is 4.74 Å². The molecular formula is C10H9NOS. The number of nitrogens with two attached hydrogens (primary N) is 1. The summed E-state index contributed by atoms with van der Waals surface area (Å²) in [6.07, 6.45) is 0. The summed E-state index contributed by atoms with van der Waals surface area (Å²) in [5, 5.41) is 2.85. The molecule has 0 unspecified atom stereocenters. The average molecular weight is 191 g/mol. The first kappa shape index (κ1) is 8.13. The molecule has 0 spiro atoms. The smallest absolute Gasteiger partial charge is 0.180 e. The number of benzene rings is 1. The Kier molecular flexibility index (Phi) is 2.19. The molecular weight excluding hydrogens is 182 g/mol. The summed E-state index contributed by atoms with van der Waals surface area (Å²) in [5.74, 6) is 0.780. The second kappa shape index (κ2) is 3.49. The average Bonchev–Trinajstić information content (AvgIpc) is 2.57. The SMILES string of the molecule is Nc1cccc(Oc2cccs2)c1. The third-order valence-electron chi connectivity index (χ3n) is 1.57. The lowest BCUT2D eigenvalue weighted by atomic mass is 10.3. The molecule has 0 saturated heterocycles. The fourth-order valence-electron chi connectivity index (χ4n) is 1.02. The van der Waals surface area contributed by atoms with Crippen molar-refractivity contribution in [1.29, 1.82) is 0 Å². The molecule has 0 atom stereocenters. The van der Waals surface area contributed by atoms with Crippen LogP contribution in [0.5, 0.6) is 10.8 Å². The van der Waals surface area contributed by atoms with E-state index in [9.17, 15) is 0 Å². The summed E-state index contributed by atoms with van der Waals surface area (Å²) < 4.78 is 5.54. The molecule has 0 radical (unpaired) electrons. The molecule has 2 N–H and O–H groups in total. The van der Waals surface area contributed by atoms with Crippen molar-refractivity contribution in [2.75, 3.05) is 5.73 Å². The van der Waals surface area contributed by atoms with Gasteiger partial charge < -0.3 is 10.5 Å². The number of anilines is 1. The molecule has 66 valence electrons. The maximum absolute atomic E-state index is 5.61. The van der Waals surface area contributed by atoms with Crippen LogP contribution in [-0.4, -0.2) is 0 Å². The molecule has 2 aromatic rings. The topological polar surface area (TPSA) is 35.2 Å². The highest BCUT2D eigenvalue weighted by Gasteiger charge is 1.96. The van der Waals surface area contributed by atoms with Crippen LogP contribution < -0.4 is 10.5 Å². The maximum Gasteiger partial charge on any atom is 0.180 e. The standard InChI is InChI=1S/C10H9NOS/c11-8-3-1-4-9(7-8)12-10-5-2-6-13-10/h1-7H,11H2. The van der Waals surface area contributed by atoms with Gasteiger partial charge in [-0.15, -0.1) is 11.3 Å². The van der Waals surface area contributed by atoms with Crippen LogP contribution in [0, 0.1) is 0 Å². The van der Waals surface area contributed by atoms with E-state index in [1.807, 2.05) is 35.7 Å². The van der Waals surface area contributed by atoms with Crippen LogP contribution in [0.1, 0.15) is 0 Å². The fraction of sp³-hybridized carbons (Fsp3) is 0. The first-order chi connectivity index (χ1) is 6.34. The van der Waals surface area contributed by atoms with E-state index >= 15 is 0 Å². The quantitative estimate of drug-likeness (QED) is 0.740. The molecule has 0 aliphatic heterocycles. The Morgan fingerprint density at radius 2 is 2.08 bits per heavy atom. The van der Waals surface area contributed by atoms with Gasteiger partial charge in [0.05, 0.1) is 0 Å². The van der Waals surface area contributed by atoms with E-state index in [-0.39, 0.29) is 0 Å². The number of rotatable bonds is 2. The van der Waals surface area contributed by atoms with E-state index in [2.05, 4.69) is 0 Å².